The molecule has 1 aromatic carbocycles. The largest absolute Gasteiger partial charge is 0.378 e. The lowest BCUT2D eigenvalue weighted by Crippen LogP contribution is -2.37. The predicted octanol–water partition coefficient (Wildman–Crippen LogP) is 0.770. The molecule has 0 spiro atoms. The van der Waals surface area contributed by atoms with Crippen LogP contribution >= 0.6 is 0 Å². The first kappa shape index (κ1) is 11.0. The van der Waals surface area contributed by atoms with Gasteiger partial charge in [0.25, 0.3) is 5.95 Å². The Morgan fingerprint density at radius 2 is 1.56 bits per heavy atom. The van der Waals surface area contributed by atoms with E-state index in [1.807, 2.05) is 35.2 Å². The molecule has 92 valence electrons. The van der Waals surface area contributed by atoms with Gasteiger partial charge in [0.2, 0.25) is 5.82 Å². The van der Waals surface area contributed by atoms with Crippen molar-refractivity contribution in [1.82, 2.24) is 20.4 Å². The number of morpholine rings is 1. The molecule has 1 fully saturated rings. The Kier molecular flexibility index (Phi) is 3.10. The van der Waals surface area contributed by atoms with Crippen LogP contribution in [0.2, 0.25) is 0 Å². The minimum absolute atomic E-state index is 0.549. The Balaban J connectivity index is 1.80. The highest BCUT2D eigenvalue weighted by molar-refractivity contribution is 5.53. The normalized spacial score (nSPS) is 15.7. The molecule has 18 heavy (non-hydrogen) atoms. The second-order valence-electron chi connectivity index (χ2n) is 3.99. The maximum atomic E-state index is 5.28. The summed E-state index contributed by atoms with van der Waals surface area (Å²) < 4.78 is 5.28. The van der Waals surface area contributed by atoms with Gasteiger partial charge in [0.15, 0.2) is 0 Å². The minimum Gasteiger partial charge on any atom is -0.378 e. The molecule has 0 bridgehead atoms. The van der Waals surface area contributed by atoms with E-state index in [1.54, 1.807) is 0 Å². The second-order valence-corrected chi connectivity index (χ2v) is 3.99. The molecule has 0 radical (unpaired) electrons. The zero-order valence-corrected chi connectivity index (χ0v) is 9.86. The van der Waals surface area contributed by atoms with Crippen molar-refractivity contribution in [3.05, 3.63) is 30.3 Å². The van der Waals surface area contributed by atoms with Crippen molar-refractivity contribution >= 4 is 5.95 Å². The molecule has 3 rings (SSSR count). The summed E-state index contributed by atoms with van der Waals surface area (Å²) in [5.74, 6) is 1.12. The highest BCUT2D eigenvalue weighted by atomic mass is 16.5. The van der Waals surface area contributed by atoms with E-state index in [0.29, 0.717) is 25.0 Å². The van der Waals surface area contributed by atoms with Crippen LogP contribution in [0.25, 0.3) is 11.4 Å². The van der Waals surface area contributed by atoms with Gasteiger partial charge in [-0.15, -0.1) is 20.4 Å². The van der Waals surface area contributed by atoms with Crippen LogP contribution in [-0.2, 0) is 4.74 Å². The smallest absolute Gasteiger partial charge is 0.264 e. The molecule has 1 aliphatic heterocycles. The summed E-state index contributed by atoms with van der Waals surface area (Å²) >= 11 is 0. The first-order valence-corrected chi connectivity index (χ1v) is 5.89. The minimum atomic E-state index is 0.549. The van der Waals surface area contributed by atoms with E-state index in [4.69, 9.17) is 4.74 Å². The van der Waals surface area contributed by atoms with E-state index in [9.17, 15) is 0 Å². The molecule has 2 heterocycles. The van der Waals surface area contributed by atoms with Crippen LogP contribution in [0, 0.1) is 0 Å². The Morgan fingerprint density at radius 3 is 2.22 bits per heavy atom. The van der Waals surface area contributed by atoms with Crippen LogP contribution in [0.3, 0.4) is 0 Å². The first-order chi connectivity index (χ1) is 8.93. The van der Waals surface area contributed by atoms with Crippen molar-refractivity contribution in [2.24, 2.45) is 0 Å². The van der Waals surface area contributed by atoms with Gasteiger partial charge in [-0.05, 0) is 0 Å². The van der Waals surface area contributed by atoms with Gasteiger partial charge < -0.3 is 9.64 Å². The van der Waals surface area contributed by atoms with E-state index in [2.05, 4.69) is 20.4 Å². The molecule has 2 aromatic rings. The number of ether oxygens (including phenoxy) is 1. The van der Waals surface area contributed by atoms with Crippen molar-refractivity contribution in [3.8, 4) is 11.4 Å². The summed E-state index contributed by atoms with van der Waals surface area (Å²) in [6.07, 6.45) is 0. The summed E-state index contributed by atoms with van der Waals surface area (Å²) in [6.45, 7) is 2.97. The summed E-state index contributed by atoms with van der Waals surface area (Å²) in [7, 11) is 0. The number of anilines is 1. The van der Waals surface area contributed by atoms with Crippen LogP contribution in [-0.4, -0.2) is 46.7 Å². The Labute approximate surface area is 105 Å². The van der Waals surface area contributed by atoms with Crippen LogP contribution in [0.1, 0.15) is 0 Å². The van der Waals surface area contributed by atoms with E-state index in [-0.39, 0.29) is 0 Å². The molecule has 0 N–H and O–H groups in total. The number of rotatable bonds is 2. The molecule has 6 heteroatoms. The van der Waals surface area contributed by atoms with Gasteiger partial charge in [0.1, 0.15) is 0 Å². The van der Waals surface area contributed by atoms with Gasteiger partial charge >= 0.3 is 0 Å². The van der Waals surface area contributed by atoms with Gasteiger partial charge in [-0.2, -0.15) is 0 Å². The molecule has 0 amide bonds. The number of hydrogen-bond donors (Lipinski definition) is 0. The molecule has 1 aliphatic rings. The average molecular weight is 243 g/mol. The summed E-state index contributed by atoms with van der Waals surface area (Å²) in [5.41, 5.74) is 0.922. The highest BCUT2D eigenvalue weighted by Crippen LogP contribution is 2.13. The maximum absolute atomic E-state index is 5.28. The molecule has 0 saturated carbocycles. The van der Waals surface area contributed by atoms with Crippen molar-refractivity contribution < 1.29 is 4.74 Å². The van der Waals surface area contributed by atoms with E-state index in [1.165, 1.54) is 0 Å². The van der Waals surface area contributed by atoms with Crippen molar-refractivity contribution in [1.29, 1.82) is 0 Å². The van der Waals surface area contributed by atoms with Crippen molar-refractivity contribution in [2.45, 2.75) is 0 Å². The number of aromatic nitrogens is 4. The Bertz CT molecular complexity index is 496. The van der Waals surface area contributed by atoms with Gasteiger partial charge in [0.05, 0.1) is 13.2 Å². The lowest BCUT2D eigenvalue weighted by molar-refractivity contribution is 0.122. The monoisotopic (exact) mass is 243 g/mol. The quantitative estimate of drug-likeness (QED) is 0.776. The third-order valence-electron chi connectivity index (χ3n) is 2.79. The molecule has 0 unspecified atom stereocenters. The van der Waals surface area contributed by atoms with Crippen LogP contribution < -0.4 is 4.90 Å². The fraction of sp³-hybridized carbons (Fsp3) is 0.333. The molecule has 0 atom stereocenters. The number of benzene rings is 1. The van der Waals surface area contributed by atoms with E-state index in [0.717, 1.165) is 18.7 Å². The number of hydrogen-bond acceptors (Lipinski definition) is 6. The fourth-order valence-corrected chi connectivity index (χ4v) is 1.82. The second kappa shape index (κ2) is 5.05. The van der Waals surface area contributed by atoms with Crippen molar-refractivity contribution in [2.75, 3.05) is 31.2 Å². The van der Waals surface area contributed by atoms with Gasteiger partial charge in [0, 0.05) is 18.7 Å². The van der Waals surface area contributed by atoms with E-state index >= 15 is 0 Å². The molecule has 0 aliphatic carbocycles. The summed E-state index contributed by atoms with van der Waals surface area (Å²) in [6, 6.07) is 9.70. The third kappa shape index (κ3) is 2.28. The SMILES string of the molecule is c1ccc(-c2nnc(N3CCOCC3)nn2)cc1. The lowest BCUT2D eigenvalue weighted by atomic mass is 10.2. The van der Waals surface area contributed by atoms with E-state index < -0.39 is 0 Å². The average Bonchev–Trinajstić information content (AvgIpc) is 2.49. The topological polar surface area (TPSA) is 64.0 Å². The molecular formula is C12H13N5O. The molecule has 6 nitrogen and oxygen atoms in total. The lowest BCUT2D eigenvalue weighted by Gasteiger charge is -2.25. The van der Waals surface area contributed by atoms with Crippen LogP contribution in [0.15, 0.2) is 30.3 Å². The summed E-state index contributed by atoms with van der Waals surface area (Å²) in [4.78, 5) is 2.03. The maximum Gasteiger partial charge on any atom is 0.264 e. The van der Waals surface area contributed by atoms with Gasteiger partial charge in [-0.3, -0.25) is 0 Å². The Morgan fingerprint density at radius 1 is 0.889 bits per heavy atom. The van der Waals surface area contributed by atoms with Gasteiger partial charge in [-0.25, -0.2) is 0 Å². The predicted molar refractivity (Wildman–Crippen MR) is 66.1 cm³/mol. The first-order valence-electron chi connectivity index (χ1n) is 5.89. The fourth-order valence-electron chi connectivity index (χ4n) is 1.82. The summed E-state index contributed by atoms with van der Waals surface area (Å²) in [5, 5.41) is 16.5. The Hall–Kier alpha value is -2.08. The standard InChI is InChI=1S/C12H13N5O/c1-2-4-10(5-3-1)11-13-15-12(16-14-11)17-6-8-18-9-7-17/h1-5H,6-9H2. The van der Waals surface area contributed by atoms with Gasteiger partial charge in [-0.1, -0.05) is 30.3 Å². The van der Waals surface area contributed by atoms with Crippen molar-refractivity contribution in [3.63, 3.8) is 0 Å². The van der Waals surface area contributed by atoms with Crippen LogP contribution in [0.5, 0.6) is 0 Å². The zero-order valence-electron chi connectivity index (χ0n) is 9.86. The molecule has 1 saturated heterocycles. The number of nitrogens with zero attached hydrogens (tertiary/aromatic N) is 5. The molecular weight excluding hydrogens is 230 g/mol. The van der Waals surface area contributed by atoms with Crippen LogP contribution in [0.4, 0.5) is 5.95 Å². The highest BCUT2D eigenvalue weighted by Gasteiger charge is 2.14. The molecule has 1 aromatic heterocycles. The third-order valence-corrected chi connectivity index (χ3v) is 2.79. The zero-order chi connectivity index (χ0) is 12.2.